The van der Waals surface area contributed by atoms with Crippen molar-refractivity contribution < 1.29 is 14.7 Å². The molecule has 3 amide bonds. The topological polar surface area (TPSA) is 69.6 Å². The lowest BCUT2D eigenvalue weighted by Crippen LogP contribution is -2.30. The number of benzene rings is 2. The van der Waals surface area contributed by atoms with Gasteiger partial charge in [-0.05, 0) is 48.0 Å². The van der Waals surface area contributed by atoms with Crippen LogP contribution in [0.1, 0.15) is 5.56 Å². The second-order valence-corrected chi connectivity index (χ2v) is 5.66. The van der Waals surface area contributed by atoms with Crippen LogP contribution in [0.4, 0.5) is 10.5 Å². The van der Waals surface area contributed by atoms with Gasteiger partial charge in [-0.1, -0.05) is 29.3 Å². The van der Waals surface area contributed by atoms with Crippen molar-refractivity contribution in [3.63, 3.8) is 0 Å². The van der Waals surface area contributed by atoms with E-state index in [-0.39, 0.29) is 16.5 Å². The minimum Gasteiger partial charge on any atom is -0.506 e. The number of rotatable bonds is 2. The van der Waals surface area contributed by atoms with Crippen LogP contribution < -0.4 is 10.2 Å². The molecule has 0 radical (unpaired) electrons. The molecule has 23 heavy (non-hydrogen) atoms. The number of hydrogen-bond donors (Lipinski definition) is 2. The highest BCUT2D eigenvalue weighted by Crippen LogP contribution is 2.27. The van der Waals surface area contributed by atoms with Gasteiger partial charge in [0.15, 0.2) is 0 Å². The van der Waals surface area contributed by atoms with Crippen molar-refractivity contribution in [1.29, 1.82) is 0 Å². The predicted molar refractivity (Wildman–Crippen MR) is 88.6 cm³/mol. The second kappa shape index (κ2) is 5.95. The molecule has 0 aliphatic carbocycles. The monoisotopic (exact) mass is 348 g/mol. The van der Waals surface area contributed by atoms with Crippen LogP contribution >= 0.6 is 23.2 Å². The number of nitrogens with zero attached hydrogens (tertiary/aromatic N) is 1. The summed E-state index contributed by atoms with van der Waals surface area (Å²) in [7, 11) is 0. The van der Waals surface area contributed by atoms with E-state index in [0.717, 1.165) is 4.90 Å². The number of amides is 3. The average molecular weight is 349 g/mol. The molecule has 0 unspecified atom stereocenters. The van der Waals surface area contributed by atoms with Crippen LogP contribution in [0.15, 0.2) is 48.2 Å². The third-order valence-corrected chi connectivity index (χ3v) is 3.80. The Labute approximate surface area is 141 Å². The maximum atomic E-state index is 12.4. The van der Waals surface area contributed by atoms with Crippen molar-refractivity contribution in [2.24, 2.45) is 0 Å². The molecule has 5 nitrogen and oxygen atoms in total. The zero-order valence-corrected chi connectivity index (χ0v) is 13.1. The Morgan fingerprint density at radius 1 is 1.04 bits per heavy atom. The van der Waals surface area contributed by atoms with Gasteiger partial charge in [0.05, 0.1) is 10.7 Å². The number of halogens is 2. The molecule has 2 aromatic carbocycles. The molecule has 1 aliphatic heterocycles. The van der Waals surface area contributed by atoms with Gasteiger partial charge < -0.3 is 10.4 Å². The van der Waals surface area contributed by atoms with Crippen molar-refractivity contribution in [3.05, 3.63) is 63.8 Å². The van der Waals surface area contributed by atoms with Gasteiger partial charge in [0, 0.05) is 5.02 Å². The van der Waals surface area contributed by atoms with Crippen molar-refractivity contribution in [1.82, 2.24) is 5.32 Å². The van der Waals surface area contributed by atoms with Gasteiger partial charge in [-0.2, -0.15) is 0 Å². The highest BCUT2D eigenvalue weighted by atomic mass is 35.5. The summed E-state index contributed by atoms with van der Waals surface area (Å²) >= 11 is 11.6. The number of carbonyl (C=O) groups is 2. The number of aromatic hydroxyl groups is 1. The Hall–Kier alpha value is -2.50. The summed E-state index contributed by atoms with van der Waals surface area (Å²) in [6.45, 7) is 0. The summed E-state index contributed by atoms with van der Waals surface area (Å²) in [6.07, 6.45) is 1.49. The summed E-state index contributed by atoms with van der Waals surface area (Å²) in [4.78, 5) is 25.5. The predicted octanol–water partition coefficient (Wildman–Crippen LogP) is 3.80. The fourth-order valence-electron chi connectivity index (χ4n) is 2.14. The minimum absolute atomic E-state index is 0.0570. The van der Waals surface area contributed by atoms with Gasteiger partial charge in [-0.15, -0.1) is 0 Å². The number of imide groups is 1. The Kier molecular flexibility index (Phi) is 3.98. The van der Waals surface area contributed by atoms with E-state index in [9.17, 15) is 14.7 Å². The standard InChI is InChI=1S/C16H10Cl2N2O3/c17-10-2-4-11(5-3-10)20-15(22)13(19-16(20)23)8-9-1-6-14(21)12(18)7-9/h1-8,21H,(H,19,23). The molecule has 2 aromatic rings. The Morgan fingerprint density at radius 2 is 1.74 bits per heavy atom. The van der Waals surface area contributed by atoms with Gasteiger partial charge in [0.25, 0.3) is 5.91 Å². The molecule has 0 bridgehead atoms. The number of nitrogens with one attached hydrogen (secondary N) is 1. The molecule has 0 atom stereocenters. The maximum absolute atomic E-state index is 12.4. The van der Waals surface area contributed by atoms with Crippen LogP contribution in [0.3, 0.4) is 0 Å². The van der Waals surface area contributed by atoms with E-state index in [1.807, 2.05) is 0 Å². The van der Waals surface area contributed by atoms with E-state index in [4.69, 9.17) is 23.2 Å². The molecule has 3 rings (SSSR count). The zero-order chi connectivity index (χ0) is 16.6. The molecule has 1 aliphatic rings. The van der Waals surface area contributed by atoms with Gasteiger partial charge in [0.2, 0.25) is 0 Å². The van der Waals surface area contributed by atoms with E-state index in [0.29, 0.717) is 16.3 Å². The molecule has 0 spiro atoms. The summed E-state index contributed by atoms with van der Waals surface area (Å²) < 4.78 is 0. The Bertz CT molecular complexity index is 832. The first-order chi connectivity index (χ1) is 11.0. The van der Waals surface area contributed by atoms with Crippen LogP contribution in [-0.2, 0) is 4.79 Å². The zero-order valence-electron chi connectivity index (χ0n) is 11.6. The number of phenols is 1. The minimum atomic E-state index is -0.548. The Balaban J connectivity index is 1.92. The smallest absolute Gasteiger partial charge is 0.333 e. The van der Waals surface area contributed by atoms with Gasteiger partial charge >= 0.3 is 6.03 Å². The first-order valence-corrected chi connectivity index (χ1v) is 7.32. The maximum Gasteiger partial charge on any atom is 0.333 e. The number of urea groups is 1. The normalized spacial score (nSPS) is 16.1. The third kappa shape index (κ3) is 3.02. The molecule has 1 saturated heterocycles. The van der Waals surface area contributed by atoms with Crippen LogP contribution in [0.5, 0.6) is 5.75 Å². The molecule has 116 valence electrons. The van der Waals surface area contributed by atoms with E-state index in [1.54, 1.807) is 30.3 Å². The quantitative estimate of drug-likeness (QED) is 0.640. The van der Waals surface area contributed by atoms with Crippen LogP contribution in [0.2, 0.25) is 10.0 Å². The van der Waals surface area contributed by atoms with Crippen LogP contribution in [0, 0.1) is 0 Å². The summed E-state index contributed by atoms with van der Waals surface area (Å²) in [6, 6.07) is 10.3. The number of carbonyl (C=O) groups excluding carboxylic acids is 2. The first-order valence-electron chi connectivity index (χ1n) is 6.57. The molecule has 0 aromatic heterocycles. The van der Waals surface area contributed by atoms with Crippen LogP contribution in [-0.4, -0.2) is 17.0 Å². The number of hydrogen-bond acceptors (Lipinski definition) is 3. The lowest BCUT2D eigenvalue weighted by molar-refractivity contribution is -0.113. The molecular weight excluding hydrogens is 339 g/mol. The highest BCUT2D eigenvalue weighted by molar-refractivity contribution is 6.32. The lowest BCUT2D eigenvalue weighted by atomic mass is 10.2. The SMILES string of the molecule is O=C1NC(=Cc2ccc(O)c(Cl)c2)C(=O)N1c1ccc(Cl)cc1. The summed E-state index contributed by atoms with van der Waals surface area (Å²) in [5, 5.41) is 12.6. The largest absolute Gasteiger partial charge is 0.506 e. The van der Waals surface area contributed by atoms with E-state index in [2.05, 4.69) is 5.32 Å². The highest BCUT2D eigenvalue weighted by Gasteiger charge is 2.34. The fourth-order valence-corrected chi connectivity index (χ4v) is 2.45. The van der Waals surface area contributed by atoms with Gasteiger partial charge in [-0.3, -0.25) is 4.79 Å². The van der Waals surface area contributed by atoms with Gasteiger partial charge in [-0.25, -0.2) is 9.69 Å². The number of anilines is 1. The van der Waals surface area contributed by atoms with Crippen molar-refractivity contribution in [2.45, 2.75) is 0 Å². The molecule has 2 N–H and O–H groups in total. The van der Waals surface area contributed by atoms with E-state index >= 15 is 0 Å². The van der Waals surface area contributed by atoms with E-state index in [1.165, 1.54) is 18.2 Å². The molecule has 1 fully saturated rings. The van der Waals surface area contributed by atoms with Gasteiger partial charge in [0.1, 0.15) is 11.4 Å². The first kappa shape index (κ1) is 15.4. The van der Waals surface area contributed by atoms with Crippen LogP contribution in [0.25, 0.3) is 6.08 Å². The molecular formula is C16H10Cl2N2O3. The van der Waals surface area contributed by atoms with E-state index < -0.39 is 11.9 Å². The van der Waals surface area contributed by atoms with Crippen molar-refractivity contribution >= 4 is 46.9 Å². The molecule has 1 heterocycles. The van der Waals surface area contributed by atoms with Crippen molar-refractivity contribution in [2.75, 3.05) is 4.90 Å². The summed E-state index contributed by atoms with van der Waals surface area (Å²) in [5.41, 5.74) is 1.12. The number of phenolic OH excluding ortho intramolecular Hbond substituents is 1. The summed E-state index contributed by atoms with van der Waals surface area (Å²) in [5.74, 6) is -0.542. The Morgan fingerprint density at radius 3 is 2.39 bits per heavy atom. The third-order valence-electron chi connectivity index (χ3n) is 3.25. The average Bonchev–Trinajstić information content (AvgIpc) is 2.79. The lowest BCUT2D eigenvalue weighted by Gasteiger charge is -2.11. The second-order valence-electron chi connectivity index (χ2n) is 4.82. The van der Waals surface area contributed by atoms with Crippen molar-refractivity contribution in [3.8, 4) is 5.75 Å². The fraction of sp³-hybridized carbons (Fsp3) is 0. The molecule has 7 heteroatoms. The molecule has 0 saturated carbocycles.